The molecular weight excluding hydrogens is 222 g/mol. The van der Waals surface area contributed by atoms with Crippen LogP contribution in [-0.4, -0.2) is 31.3 Å². The molecule has 0 heterocycles. The first kappa shape index (κ1) is 15.7. The molecule has 0 aromatic rings. The van der Waals surface area contributed by atoms with E-state index >= 15 is 0 Å². The third kappa shape index (κ3) is 6.14. The van der Waals surface area contributed by atoms with E-state index in [0.717, 1.165) is 6.42 Å². The van der Waals surface area contributed by atoms with Crippen LogP contribution >= 0.6 is 0 Å². The number of hydrogen-bond donors (Lipinski definition) is 1. The molecule has 0 aliphatic rings. The number of amides is 1. The predicted molar refractivity (Wildman–Crippen MR) is 64.7 cm³/mol. The molecule has 17 heavy (non-hydrogen) atoms. The van der Waals surface area contributed by atoms with Crippen molar-refractivity contribution in [1.29, 1.82) is 0 Å². The summed E-state index contributed by atoms with van der Waals surface area (Å²) in [5.41, 5.74) is -0.419. The summed E-state index contributed by atoms with van der Waals surface area (Å²) < 4.78 is 9.81. The van der Waals surface area contributed by atoms with Crippen molar-refractivity contribution >= 4 is 12.1 Å². The standard InChI is InChI=1S/C12H23NO4/c1-6-8-17-11(15)13-9(12(3,4)5)10(14)16-7-2/h9H,6-8H2,1-5H3,(H,13,15). The Kier molecular flexibility index (Phi) is 6.61. The summed E-state index contributed by atoms with van der Waals surface area (Å²) in [6.07, 6.45) is 0.160. The van der Waals surface area contributed by atoms with E-state index in [1.54, 1.807) is 6.92 Å². The van der Waals surface area contributed by atoms with Crippen molar-refractivity contribution in [3.05, 3.63) is 0 Å². The topological polar surface area (TPSA) is 64.6 Å². The molecule has 0 rings (SSSR count). The summed E-state index contributed by atoms with van der Waals surface area (Å²) in [5, 5.41) is 2.54. The number of ether oxygens (including phenoxy) is 2. The van der Waals surface area contributed by atoms with E-state index < -0.39 is 23.5 Å². The van der Waals surface area contributed by atoms with Gasteiger partial charge in [0.25, 0.3) is 0 Å². The zero-order chi connectivity index (χ0) is 13.5. The van der Waals surface area contributed by atoms with Crippen molar-refractivity contribution in [2.24, 2.45) is 5.41 Å². The Balaban J connectivity index is 4.50. The van der Waals surface area contributed by atoms with E-state index in [-0.39, 0.29) is 6.61 Å². The zero-order valence-electron chi connectivity index (χ0n) is 11.3. The average Bonchev–Trinajstić information content (AvgIpc) is 2.21. The predicted octanol–water partition coefficient (Wildman–Crippen LogP) is 2.10. The number of carbonyl (C=O) groups excluding carboxylic acids is 2. The third-order valence-electron chi connectivity index (χ3n) is 2.09. The molecule has 0 fully saturated rings. The number of nitrogens with one attached hydrogen (secondary N) is 1. The van der Waals surface area contributed by atoms with Crippen molar-refractivity contribution in [2.45, 2.75) is 47.1 Å². The molecule has 0 aromatic heterocycles. The normalized spacial score (nSPS) is 12.8. The van der Waals surface area contributed by atoms with Crippen LogP contribution in [0, 0.1) is 5.41 Å². The molecule has 1 unspecified atom stereocenters. The fraction of sp³-hybridized carbons (Fsp3) is 0.833. The smallest absolute Gasteiger partial charge is 0.407 e. The first-order valence-corrected chi connectivity index (χ1v) is 5.92. The first-order chi connectivity index (χ1) is 7.82. The minimum atomic E-state index is -0.702. The second-order valence-corrected chi connectivity index (χ2v) is 4.83. The molecule has 0 spiro atoms. The maximum Gasteiger partial charge on any atom is 0.407 e. The molecule has 100 valence electrons. The van der Waals surface area contributed by atoms with Gasteiger partial charge in [0.2, 0.25) is 0 Å². The van der Waals surface area contributed by atoms with Crippen molar-refractivity contribution in [3.63, 3.8) is 0 Å². The first-order valence-electron chi connectivity index (χ1n) is 5.92. The molecule has 0 aliphatic carbocycles. The van der Waals surface area contributed by atoms with Gasteiger partial charge in [-0.15, -0.1) is 0 Å². The van der Waals surface area contributed by atoms with Gasteiger partial charge in [-0.05, 0) is 18.8 Å². The highest BCUT2D eigenvalue weighted by Gasteiger charge is 2.34. The Bertz CT molecular complexity index is 258. The van der Waals surface area contributed by atoms with Gasteiger partial charge in [0, 0.05) is 0 Å². The fourth-order valence-electron chi connectivity index (χ4n) is 1.21. The molecular formula is C12H23NO4. The van der Waals surface area contributed by atoms with Crippen molar-refractivity contribution in [3.8, 4) is 0 Å². The van der Waals surface area contributed by atoms with Crippen LogP contribution in [0.2, 0.25) is 0 Å². The zero-order valence-corrected chi connectivity index (χ0v) is 11.3. The number of esters is 1. The van der Waals surface area contributed by atoms with E-state index in [4.69, 9.17) is 9.47 Å². The monoisotopic (exact) mass is 245 g/mol. The van der Waals surface area contributed by atoms with Crippen LogP contribution in [0.1, 0.15) is 41.0 Å². The van der Waals surface area contributed by atoms with Crippen LogP contribution in [0.3, 0.4) is 0 Å². The van der Waals surface area contributed by atoms with Gasteiger partial charge in [0.1, 0.15) is 6.04 Å². The summed E-state index contributed by atoms with van der Waals surface area (Å²) in [6.45, 7) is 9.83. The van der Waals surface area contributed by atoms with E-state index in [1.807, 2.05) is 27.7 Å². The van der Waals surface area contributed by atoms with Gasteiger partial charge in [-0.2, -0.15) is 0 Å². The Labute approximate surface area is 103 Å². The number of carbonyl (C=O) groups is 2. The Morgan fingerprint density at radius 3 is 2.18 bits per heavy atom. The van der Waals surface area contributed by atoms with Gasteiger partial charge in [-0.3, -0.25) is 0 Å². The van der Waals surface area contributed by atoms with E-state index in [2.05, 4.69) is 5.32 Å². The number of alkyl carbamates (subject to hydrolysis) is 1. The lowest BCUT2D eigenvalue weighted by atomic mass is 9.87. The maximum atomic E-state index is 11.7. The Morgan fingerprint density at radius 2 is 1.76 bits per heavy atom. The van der Waals surface area contributed by atoms with Crippen LogP contribution in [0.5, 0.6) is 0 Å². The van der Waals surface area contributed by atoms with Gasteiger partial charge in [0.15, 0.2) is 0 Å². The number of rotatable bonds is 5. The summed E-state index contributed by atoms with van der Waals surface area (Å²) in [7, 11) is 0. The molecule has 0 bridgehead atoms. The summed E-state index contributed by atoms with van der Waals surface area (Å²) in [5.74, 6) is -0.437. The lowest BCUT2D eigenvalue weighted by Crippen LogP contribution is -2.50. The van der Waals surface area contributed by atoms with Crippen molar-refractivity contribution in [2.75, 3.05) is 13.2 Å². The minimum Gasteiger partial charge on any atom is -0.464 e. The SMILES string of the molecule is CCCOC(=O)NC(C(=O)OCC)C(C)(C)C. The van der Waals surface area contributed by atoms with E-state index in [0.29, 0.717) is 6.61 Å². The summed E-state index contributed by atoms with van der Waals surface area (Å²) >= 11 is 0. The minimum absolute atomic E-state index is 0.289. The molecule has 1 atom stereocenters. The third-order valence-corrected chi connectivity index (χ3v) is 2.09. The quantitative estimate of drug-likeness (QED) is 0.753. The molecule has 5 nitrogen and oxygen atoms in total. The maximum absolute atomic E-state index is 11.7. The van der Waals surface area contributed by atoms with Crippen LogP contribution in [0.4, 0.5) is 4.79 Å². The van der Waals surface area contributed by atoms with Crippen LogP contribution in [0.15, 0.2) is 0 Å². The number of hydrogen-bond acceptors (Lipinski definition) is 4. The summed E-state index contributed by atoms with van der Waals surface area (Å²) in [4.78, 5) is 23.1. The fourth-order valence-corrected chi connectivity index (χ4v) is 1.21. The molecule has 0 aromatic carbocycles. The highest BCUT2D eigenvalue weighted by Crippen LogP contribution is 2.20. The molecule has 5 heteroatoms. The van der Waals surface area contributed by atoms with Gasteiger partial charge in [0.05, 0.1) is 13.2 Å². The summed E-state index contributed by atoms with van der Waals surface area (Å²) in [6, 6.07) is -0.702. The van der Waals surface area contributed by atoms with E-state index in [1.165, 1.54) is 0 Å². The lowest BCUT2D eigenvalue weighted by molar-refractivity contribution is -0.148. The van der Waals surface area contributed by atoms with Crippen molar-refractivity contribution in [1.82, 2.24) is 5.32 Å². The molecule has 1 amide bonds. The van der Waals surface area contributed by atoms with Crippen LogP contribution in [-0.2, 0) is 14.3 Å². The Morgan fingerprint density at radius 1 is 1.18 bits per heavy atom. The largest absolute Gasteiger partial charge is 0.464 e. The lowest BCUT2D eigenvalue weighted by Gasteiger charge is -2.28. The molecule has 0 aliphatic heterocycles. The second-order valence-electron chi connectivity index (χ2n) is 4.83. The molecule has 0 saturated carbocycles. The van der Waals surface area contributed by atoms with Gasteiger partial charge in [-0.1, -0.05) is 27.7 Å². The highest BCUT2D eigenvalue weighted by atomic mass is 16.6. The van der Waals surface area contributed by atoms with Gasteiger partial charge >= 0.3 is 12.1 Å². The Hall–Kier alpha value is -1.26. The highest BCUT2D eigenvalue weighted by molar-refractivity contribution is 5.82. The molecule has 1 N–H and O–H groups in total. The van der Waals surface area contributed by atoms with Crippen LogP contribution < -0.4 is 5.32 Å². The average molecular weight is 245 g/mol. The van der Waals surface area contributed by atoms with Crippen LogP contribution in [0.25, 0.3) is 0 Å². The van der Waals surface area contributed by atoms with Gasteiger partial charge < -0.3 is 14.8 Å². The van der Waals surface area contributed by atoms with Crippen molar-refractivity contribution < 1.29 is 19.1 Å². The molecule has 0 saturated heterocycles. The molecule has 0 radical (unpaired) electrons. The second kappa shape index (κ2) is 7.14. The van der Waals surface area contributed by atoms with Gasteiger partial charge in [-0.25, -0.2) is 9.59 Å². The van der Waals surface area contributed by atoms with E-state index in [9.17, 15) is 9.59 Å².